The summed E-state index contributed by atoms with van der Waals surface area (Å²) in [6.07, 6.45) is 3.45. The van der Waals surface area contributed by atoms with Gasteiger partial charge in [0.25, 0.3) is 0 Å². The first-order valence-electron chi connectivity index (χ1n) is 4.29. The molecule has 0 aliphatic heterocycles. The largest absolute Gasteiger partial charge is 0.350 e. The van der Waals surface area contributed by atoms with Crippen LogP contribution in [0.1, 0.15) is 5.56 Å². The highest BCUT2D eigenvalue weighted by Gasteiger charge is 2.02. The zero-order valence-electron chi connectivity index (χ0n) is 7.53. The first-order chi connectivity index (χ1) is 6.33. The fraction of sp³-hybridized carbons (Fsp3) is 0.182. The van der Waals surface area contributed by atoms with Gasteiger partial charge >= 0.3 is 0 Å². The van der Waals surface area contributed by atoms with Crippen LogP contribution in [0.3, 0.4) is 0 Å². The minimum absolute atomic E-state index is 0.495. The van der Waals surface area contributed by atoms with Crippen molar-refractivity contribution < 1.29 is 4.79 Å². The van der Waals surface area contributed by atoms with Crippen LogP contribution in [0.15, 0.2) is 30.5 Å². The summed E-state index contributed by atoms with van der Waals surface area (Å²) in [4.78, 5) is 10.4. The zero-order chi connectivity index (χ0) is 9.26. The molecule has 0 aliphatic carbocycles. The summed E-state index contributed by atoms with van der Waals surface area (Å²) in [5.74, 6) is 0. The van der Waals surface area contributed by atoms with Gasteiger partial charge in [-0.3, -0.25) is 0 Å². The van der Waals surface area contributed by atoms with Crippen molar-refractivity contribution in [1.82, 2.24) is 4.57 Å². The molecule has 0 unspecified atom stereocenters. The van der Waals surface area contributed by atoms with E-state index in [2.05, 4.69) is 12.1 Å². The van der Waals surface area contributed by atoms with Crippen molar-refractivity contribution in [2.24, 2.45) is 7.05 Å². The number of aldehydes is 1. The molecule has 13 heavy (non-hydrogen) atoms. The Labute approximate surface area is 76.8 Å². The molecule has 2 rings (SSSR count). The van der Waals surface area contributed by atoms with Crippen molar-refractivity contribution in [3.8, 4) is 0 Å². The highest BCUT2D eigenvalue weighted by atomic mass is 16.1. The lowest BCUT2D eigenvalue weighted by molar-refractivity contribution is -0.107. The van der Waals surface area contributed by atoms with Gasteiger partial charge in [-0.2, -0.15) is 0 Å². The van der Waals surface area contributed by atoms with Gasteiger partial charge in [-0.15, -0.1) is 0 Å². The maximum Gasteiger partial charge on any atom is 0.124 e. The molecule has 0 spiro atoms. The van der Waals surface area contributed by atoms with Gasteiger partial charge in [0.15, 0.2) is 0 Å². The quantitative estimate of drug-likeness (QED) is 0.636. The van der Waals surface area contributed by atoms with Gasteiger partial charge in [0.2, 0.25) is 0 Å². The Morgan fingerprint density at radius 3 is 3.00 bits per heavy atom. The van der Waals surface area contributed by atoms with Gasteiger partial charge in [0, 0.05) is 19.7 Å². The fourth-order valence-electron chi connectivity index (χ4n) is 1.70. The van der Waals surface area contributed by atoms with Crippen LogP contribution in [0.4, 0.5) is 0 Å². The Balaban J connectivity index is 2.72. The second-order valence-electron chi connectivity index (χ2n) is 3.15. The minimum atomic E-state index is 0.495. The summed E-state index contributed by atoms with van der Waals surface area (Å²) in [5, 5.41) is 1.20. The SMILES string of the molecule is Cn1ccc2cccc(CC=O)c21. The van der Waals surface area contributed by atoms with Crippen LogP contribution in [0.5, 0.6) is 0 Å². The van der Waals surface area contributed by atoms with Crippen molar-refractivity contribution in [2.45, 2.75) is 6.42 Å². The Morgan fingerprint density at radius 1 is 1.38 bits per heavy atom. The van der Waals surface area contributed by atoms with E-state index in [-0.39, 0.29) is 0 Å². The molecule has 2 heteroatoms. The highest BCUT2D eigenvalue weighted by Crippen LogP contribution is 2.19. The summed E-state index contributed by atoms with van der Waals surface area (Å²) in [6.45, 7) is 0. The van der Waals surface area contributed by atoms with Gasteiger partial charge in [-0.25, -0.2) is 0 Å². The van der Waals surface area contributed by atoms with Crippen LogP contribution in [-0.2, 0) is 18.3 Å². The fourth-order valence-corrected chi connectivity index (χ4v) is 1.70. The van der Waals surface area contributed by atoms with Crippen LogP contribution in [0.2, 0.25) is 0 Å². The van der Waals surface area contributed by atoms with Gasteiger partial charge in [0.05, 0.1) is 5.52 Å². The van der Waals surface area contributed by atoms with E-state index < -0.39 is 0 Å². The average molecular weight is 173 g/mol. The lowest BCUT2D eigenvalue weighted by Crippen LogP contribution is -1.92. The van der Waals surface area contributed by atoms with Crippen LogP contribution in [0, 0.1) is 0 Å². The molecule has 2 aromatic rings. The number of hydrogen-bond donors (Lipinski definition) is 0. The lowest BCUT2D eigenvalue weighted by atomic mass is 10.1. The van der Waals surface area contributed by atoms with E-state index in [9.17, 15) is 4.79 Å². The van der Waals surface area contributed by atoms with E-state index in [0.29, 0.717) is 6.42 Å². The van der Waals surface area contributed by atoms with Gasteiger partial charge in [-0.05, 0) is 17.0 Å². The number of benzene rings is 1. The second kappa shape index (κ2) is 3.05. The summed E-state index contributed by atoms with van der Waals surface area (Å²) < 4.78 is 2.05. The third kappa shape index (κ3) is 1.24. The molecule has 0 radical (unpaired) electrons. The lowest BCUT2D eigenvalue weighted by Gasteiger charge is -2.01. The Hall–Kier alpha value is -1.57. The van der Waals surface area contributed by atoms with Crippen LogP contribution >= 0.6 is 0 Å². The number of nitrogens with zero attached hydrogens (tertiary/aromatic N) is 1. The molecule has 1 aromatic heterocycles. The predicted octanol–water partition coefficient (Wildman–Crippen LogP) is 1.92. The smallest absolute Gasteiger partial charge is 0.124 e. The predicted molar refractivity (Wildman–Crippen MR) is 52.7 cm³/mol. The van der Waals surface area contributed by atoms with E-state index in [1.807, 2.05) is 29.9 Å². The molecule has 66 valence electrons. The molecular formula is C11H11NO. The normalized spacial score (nSPS) is 10.5. The van der Waals surface area contributed by atoms with Crippen LogP contribution in [0.25, 0.3) is 10.9 Å². The number of para-hydroxylation sites is 1. The number of carbonyl (C=O) groups excluding carboxylic acids is 1. The summed E-state index contributed by atoms with van der Waals surface area (Å²) >= 11 is 0. The number of aryl methyl sites for hydroxylation is 1. The standard InChI is InChI=1S/C11H11NO/c1-12-7-5-9-3-2-4-10(6-8-13)11(9)12/h2-5,7-8H,6H2,1H3. The molecule has 0 saturated heterocycles. The molecule has 0 amide bonds. The first-order valence-corrected chi connectivity index (χ1v) is 4.29. The topological polar surface area (TPSA) is 22.0 Å². The maximum absolute atomic E-state index is 10.4. The van der Waals surface area contributed by atoms with Crippen molar-refractivity contribution in [2.75, 3.05) is 0 Å². The van der Waals surface area contributed by atoms with Crippen molar-refractivity contribution >= 4 is 17.2 Å². The summed E-state index contributed by atoms with van der Waals surface area (Å²) in [6, 6.07) is 8.10. The summed E-state index contributed by atoms with van der Waals surface area (Å²) in [5.41, 5.74) is 2.26. The molecule has 1 aromatic carbocycles. The van der Waals surface area contributed by atoms with E-state index in [1.54, 1.807) is 0 Å². The highest BCUT2D eigenvalue weighted by molar-refractivity contribution is 5.85. The van der Waals surface area contributed by atoms with Gasteiger partial charge in [0.1, 0.15) is 6.29 Å². The third-order valence-corrected chi connectivity index (χ3v) is 2.28. The van der Waals surface area contributed by atoms with Crippen LogP contribution in [-0.4, -0.2) is 10.9 Å². The zero-order valence-corrected chi connectivity index (χ0v) is 7.53. The Kier molecular flexibility index (Phi) is 1.89. The number of carbonyl (C=O) groups is 1. The molecular weight excluding hydrogens is 162 g/mol. The maximum atomic E-state index is 10.4. The molecule has 0 atom stereocenters. The number of fused-ring (bicyclic) bond motifs is 1. The molecule has 0 bridgehead atoms. The van der Waals surface area contributed by atoms with E-state index in [1.165, 1.54) is 5.39 Å². The average Bonchev–Trinajstić information content (AvgIpc) is 2.50. The van der Waals surface area contributed by atoms with Crippen molar-refractivity contribution in [3.05, 3.63) is 36.0 Å². The van der Waals surface area contributed by atoms with Gasteiger partial charge < -0.3 is 9.36 Å². The molecule has 0 saturated carbocycles. The second-order valence-corrected chi connectivity index (χ2v) is 3.15. The number of rotatable bonds is 2. The van der Waals surface area contributed by atoms with E-state index >= 15 is 0 Å². The number of hydrogen-bond acceptors (Lipinski definition) is 1. The van der Waals surface area contributed by atoms with E-state index in [4.69, 9.17) is 0 Å². The Bertz CT molecular complexity index is 442. The molecule has 0 aliphatic rings. The monoisotopic (exact) mass is 173 g/mol. The van der Waals surface area contributed by atoms with Crippen LogP contribution < -0.4 is 0 Å². The van der Waals surface area contributed by atoms with E-state index in [0.717, 1.165) is 17.4 Å². The molecule has 1 heterocycles. The first kappa shape index (κ1) is 8.05. The van der Waals surface area contributed by atoms with Crippen molar-refractivity contribution in [1.29, 1.82) is 0 Å². The molecule has 0 fully saturated rings. The van der Waals surface area contributed by atoms with Gasteiger partial charge in [-0.1, -0.05) is 18.2 Å². The number of aromatic nitrogens is 1. The molecule has 0 N–H and O–H groups in total. The molecule has 2 nitrogen and oxygen atoms in total. The van der Waals surface area contributed by atoms with Crippen molar-refractivity contribution in [3.63, 3.8) is 0 Å². The minimum Gasteiger partial charge on any atom is -0.350 e. The third-order valence-electron chi connectivity index (χ3n) is 2.28. The summed E-state index contributed by atoms with van der Waals surface area (Å²) in [7, 11) is 2.00. The Morgan fingerprint density at radius 2 is 2.23 bits per heavy atom.